The monoisotopic (exact) mass is 316 g/mol. The van der Waals surface area contributed by atoms with E-state index in [1.807, 2.05) is 19.9 Å². The van der Waals surface area contributed by atoms with Crippen LogP contribution in [0.15, 0.2) is 19.0 Å². The zero-order chi connectivity index (χ0) is 16.4. The van der Waals surface area contributed by atoms with Crippen molar-refractivity contribution in [3.8, 4) is 0 Å². The Morgan fingerprint density at radius 1 is 1.35 bits per heavy atom. The Kier molecular flexibility index (Phi) is 3.03. The van der Waals surface area contributed by atoms with E-state index in [4.69, 9.17) is 15.2 Å². The van der Waals surface area contributed by atoms with Gasteiger partial charge in [0.1, 0.15) is 24.1 Å². The van der Waals surface area contributed by atoms with Gasteiger partial charge in [-0.25, -0.2) is 9.97 Å². The third-order valence-electron chi connectivity index (χ3n) is 5.50. The van der Waals surface area contributed by atoms with E-state index in [1.54, 1.807) is 6.33 Å². The highest BCUT2D eigenvalue weighted by atomic mass is 16.8. The fourth-order valence-corrected chi connectivity index (χ4v) is 4.31. The van der Waals surface area contributed by atoms with Crippen molar-refractivity contribution in [1.82, 2.24) is 9.97 Å². The summed E-state index contributed by atoms with van der Waals surface area (Å²) in [6, 6.07) is 0.209. The first-order valence-corrected chi connectivity index (χ1v) is 8.20. The van der Waals surface area contributed by atoms with E-state index in [0.717, 1.165) is 30.8 Å². The minimum Gasteiger partial charge on any atom is -0.383 e. The zero-order valence-electron chi connectivity index (χ0n) is 14.0. The average molecular weight is 316 g/mol. The lowest BCUT2D eigenvalue weighted by Gasteiger charge is -2.32. The predicted molar refractivity (Wildman–Crippen MR) is 88.0 cm³/mol. The molecule has 2 N–H and O–H groups in total. The lowest BCUT2D eigenvalue weighted by atomic mass is 9.86. The topological polar surface area (TPSA) is 73.5 Å². The Morgan fingerprint density at radius 2 is 2.13 bits per heavy atom. The molecule has 3 heterocycles. The quantitative estimate of drug-likeness (QED) is 0.840. The summed E-state index contributed by atoms with van der Waals surface area (Å²) in [5.41, 5.74) is 6.96. The number of aromatic nitrogens is 2. The molecule has 0 radical (unpaired) electrons. The molecular weight excluding hydrogens is 292 g/mol. The molecule has 124 valence electrons. The highest BCUT2D eigenvalue weighted by molar-refractivity contribution is 5.61. The summed E-state index contributed by atoms with van der Waals surface area (Å²) in [4.78, 5) is 10.9. The van der Waals surface area contributed by atoms with E-state index >= 15 is 0 Å². The summed E-state index contributed by atoms with van der Waals surface area (Å²) in [5, 5.41) is 0. The molecule has 0 aromatic carbocycles. The average Bonchev–Trinajstić information content (AvgIpc) is 3.12. The number of fused-ring (bicyclic) bond motifs is 2. The lowest BCUT2D eigenvalue weighted by molar-refractivity contribution is -0.161. The molecule has 4 rings (SSSR count). The molecule has 4 atom stereocenters. The smallest absolute Gasteiger partial charge is 0.163 e. The van der Waals surface area contributed by atoms with Crippen molar-refractivity contribution in [2.24, 2.45) is 5.41 Å². The van der Waals surface area contributed by atoms with Crippen molar-refractivity contribution in [3.63, 3.8) is 0 Å². The van der Waals surface area contributed by atoms with E-state index in [0.29, 0.717) is 5.82 Å². The normalized spacial score (nSPS) is 37.7. The van der Waals surface area contributed by atoms with Crippen molar-refractivity contribution in [2.75, 3.05) is 17.2 Å². The molecule has 2 aliphatic heterocycles. The van der Waals surface area contributed by atoms with Crippen LogP contribution < -0.4 is 10.6 Å². The molecule has 1 aromatic heterocycles. The van der Waals surface area contributed by atoms with Gasteiger partial charge >= 0.3 is 0 Å². The minimum absolute atomic E-state index is 0.00939. The van der Waals surface area contributed by atoms with Gasteiger partial charge in [-0.05, 0) is 26.7 Å². The van der Waals surface area contributed by atoms with Gasteiger partial charge in [0, 0.05) is 17.5 Å². The van der Waals surface area contributed by atoms with Gasteiger partial charge in [-0.15, -0.1) is 6.58 Å². The number of ether oxygens (including phenoxy) is 2. The number of anilines is 2. The van der Waals surface area contributed by atoms with E-state index in [1.165, 1.54) is 0 Å². The molecule has 6 heteroatoms. The van der Waals surface area contributed by atoms with E-state index in [9.17, 15) is 0 Å². The van der Waals surface area contributed by atoms with Gasteiger partial charge in [0.2, 0.25) is 0 Å². The number of rotatable bonds is 2. The number of hydrogen-bond acceptors (Lipinski definition) is 6. The van der Waals surface area contributed by atoms with Gasteiger partial charge in [-0.3, -0.25) is 0 Å². The summed E-state index contributed by atoms with van der Waals surface area (Å²) < 4.78 is 12.5. The Bertz CT molecular complexity index is 662. The van der Waals surface area contributed by atoms with Gasteiger partial charge in [0.15, 0.2) is 5.79 Å². The molecule has 0 bridgehead atoms. The number of nitrogens with two attached hydrogens (primary N) is 1. The summed E-state index contributed by atoms with van der Waals surface area (Å²) in [6.07, 6.45) is 5.40. The van der Waals surface area contributed by atoms with Gasteiger partial charge in [0.05, 0.1) is 12.1 Å². The molecule has 0 unspecified atom stereocenters. The maximum absolute atomic E-state index is 6.25. The SMILES string of the molecule is C=C[C@@]1(C)C[C@@H](N2CCc3c(N)ncnc32)[C@@H]2OC(C)(C)O[C@@H]21. The minimum atomic E-state index is -0.564. The van der Waals surface area contributed by atoms with Crippen LogP contribution >= 0.6 is 0 Å². The molecule has 1 aromatic rings. The van der Waals surface area contributed by atoms with Crippen LogP contribution in [0.25, 0.3) is 0 Å². The third-order valence-corrected chi connectivity index (χ3v) is 5.50. The predicted octanol–water partition coefficient (Wildman–Crippen LogP) is 1.91. The standard InChI is InChI=1S/C17H24N4O2/c1-5-17(4)8-11(12-13(17)23-16(2,3)22-12)21-7-6-10-14(18)19-9-20-15(10)21/h5,9,11-13H,1,6-8H2,2-4H3,(H2,18,19,20)/t11-,12+,13+,17+/m1/s1. The Hall–Kier alpha value is -1.66. The molecule has 0 spiro atoms. The van der Waals surface area contributed by atoms with Crippen LogP contribution in [0.1, 0.15) is 32.8 Å². The molecule has 1 saturated heterocycles. The fraction of sp³-hybridized carbons (Fsp3) is 0.647. The second kappa shape index (κ2) is 4.68. The Balaban J connectivity index is 1.71. The van der Waals surface area contributed by atoms with Crippen LogP contribution in [0, 0.1) is 5.41 Å². The van der Waals surface area contributed by atoms with E-state index in [-0.39, 0.29) is 23.7 Å². The number of nitrogen functional groups attached to an aromatic ring is 1. The van der Waals surface area contributed by atoms with Gasteiger partial charge < -0.3 is 20.1 Å². The van der Waals surface area contributed by atoms with E-state index < -0.39 is 5.79 Å². The van der Waals surface area contributed by atoms with E-state index in [2.05, 4.69) is 28.4 Å². The Morgan fingerprint density at radius 3 is 2.87 bits per heavy atom. The van der Waals surface area contributed by atoms with Gasteiger partial charge in [-0.1, -0.05) is 13.0 Å². The van der Waals surface area contributed by atoms with Crippen LogP contribution in [0.4, 0.5) is 11.6 Å². The summed E-state index contributed by atoms with van der Waals surface area (Å²) >= 11 is 0. The second-order valence-corrected chi connectivity index (χ2v) is 7.51. The fourth-order valence-electron chi connectivity index (χ4n) is 4.31. The molecular formula is C17H24N4O2. The summed E-state index contributed by atoms with van der Waals surface area (Å²) in [6.45, 7) is 11.1. The molecule has 6 nitrogen and oxygen atoms in total. The number of nitrogens with zero attached hydrogens (tertiary/aromatic N) is 3. The summed E-state index contributed by atoms with van der Waals surface area (Å²) in [7, 11) is 0. The van der Waals surface area contributed by atoms with Crippen molar-refractivity contribution < 1.29 is 9.47 Å². The van der Waals surface area contributed by atoms with Crippen molar-refractivity contribution in [2.45, 2.75) is 57.6 Å². The summed E-state index contributed by atoms with van der Waals surface area (Å²) in [5.74, 6) is 0.969. The molecule has 2 fully saturated rings. The lowest BCUT2D eigenvalue weighted by Crippen LogP contribution is -2.43. The van der Waals surface area contributed by atoms with Crippen molar-refractivity contribution in [1.29, 1.82) is 0 Å². The van der Waals surface area contributed by atoms with Crippen LogP contribution in [-0.4, -0.2) is 40.5 Å². The van der Waals surface area contributed by atoms with Crippen LogP contribution in [0.3, 0.4) is 0 Å². The Labute approximate surface area is 136 Å². The zero-order valence-corrected chi connectivity index (χ0v) is 14.0. The highest BCUT2D eigenvalue weighted by Gasteiger charge is 2.60. The largest absolute Gasteiger partial charge is 0.383 e. The molecule has 3 aliphatic rings. The molecule has 23 heavy (non-hydrogen) atoms. The van der Waals surface area contributed by atoms with Crippen molar-refractivity contribution in [3.05, 3.63) is 24.5 Å². The third kappa shape index (κ3) is 2.08. The first-order chi connectivity index (χ1) is 10.8. The van der Waals surface area contributed by atoms with Crippen LogP contribution in [-0.2, 0) is 15.9 Å². The van der Waals surface area contributed by atoms with Gasteiger partial charge in [0.25, 0.3) is 0 Å². The van der Waals surface area contributed by atoms with Crippen molar-refractivity contribution >= 4 is 11.6 Å². The van der Waals surface area contributed by atoms with Crippen LogP contribution in [0.5, 0.6) is 0 Å². The second-order valence-electron chi connectivity index (χ2n) is 7.51. The van der Waals surface area contributed by atoms with Gasteiger partial charge in [-0.2, -0.15) is 0 Å². The first kappa shape index (κ1) is 14.9. The van der Waals surface area contributed by atoms with Crippen LogP contribution in [0.2, 0.25) is 0 Å². The molecule has 1 aliphatic carbocycles. The highest BCUT2D eigenvalue weighted by Crippen LogP contribution is 2.52. The maximum atomic E-state index is 6.25. The molecule has 1 saturated carbocycles. The first-order valence-electron chi connectivity index (χ1n) is 8.20. The number of hydrogen-bond donors (Lipinski definition) is 1. The molecule has 0 amide bonds. The maximum Gasteiger partial charge on any atom is 0.163 e.